The molecule has 9 nitrogen and oxygen atoms in total. The van der Waals surface area contributed by atoms with Crippen LogP contribution in [0.2, 0.25) is 5.02 Å². The number of carbonyl (C=O) groups is 4. The lowest BCUT2D eigenvalue weighted by atomic mass is 10.1. The minimum atomic E-state index is -1.12. The van der Waals surface area contributed by atoms with Gasteiger partial charge in [-0.15, -0.1) is 0 Å². The number of rotatable bonds is 6. The molecule has 0 radical (unpaired) electrons. The average molecular weight is 482 g/mol. The Kier molecular flexibility index (Phi) is 5.91. The number of Topliss-reactive ketones (excluding diaryl/α,β-unsaturated/α-hetero) is 1. The zero-order valence-corrected chi connectivity index (χ0v) is 17.9. The van der Waals surface area contributed by atoms with Gasteiger partial charge in [-0.2, -0.15) is 5.01 Å². The molecule has 0 saturated carbocycles. The summed E-state index contributed by atoms with van der Waals surface area (Å²) >= 11 is 5.86. The summed E-state index contributed by atoms with van der Waals surface area (Å²) in [5, 5.41) is 12.8. The maximum absolute atomic E-state index is 13.3. The molecule has 4 rings (SSSR count). The number of ketones is 1. The molecule has 0 N–H and O–H groups in total. The van der Waals surface area contributed by atoms with E-state index >= 15 is 0 Å². The van der Waals surface area contributed by atoms with Crippen LogP contribution < -0.4 is 0 Å². The lowest BCUT2D eigenvalue weighted by Gasteiger charge is -2.29. The van der Waals surface area contributed by atoms with Gasteiger partial charge in [0, 0.05) is 22.2 Å². The van der Waals surface area contributed by atoms with E-state index in [0.29, 0.717) is 15.0 Å². The molecule has 0 aliphatic carbocycles. The van der Waals surface area contributed by atoms with E-state index in [0.717, 1.165) is 18.2 Å². The predicted molar refractivity (Wildman–Crippen MR) is 117 cm³/mol. The third-order valence-electron chi connectivity index (χ3n) is 5.09. The fourth-order valence-corrected chi connectivity index (χ4v) is 3.59. The van der Waals surface area contributed by atoms with Crippen molar-refractivity contribution < 1.29 is 28.5 Å². The Morgan fingerprint density at radius 2 is 1.56 bits per heavy atom. The number of imide groups is 1. The third-order valence-corrected chi connectivity index (χ3v) is 5.35. The number of nitro benzene ring substituents is 1. The van der Waals surface area contributed by atoms with Gasteiger partial charge >= 0.3 is 0 Å². The Bertz CT molecular complexity index is 1360. The van der Waals surface area contributed by atoms with Gasteiger partial charge in [0.05, 0.1) is 10.5 Å². The van der Waals surface area contributed by atoms with Gasteiger partial charge in [0.1, 0.15) is 17.9 Å². The van der Waals surface area contributed by atoms with Crippen molar-refractivity contribution in [2.24, 2.45) is 0 Å². The first-order chi connectivity index (χ1) is 16.2. The van der Waals surface area contributed by atoms with Crippen molar-refractivity contribution in [2.75, 3.05) is 6.54 Å². The molecule has 3 aromatic rings. The molecule has 3 amide bonds. The van der Waals surface area contributed by atoms with E-state index in [1.165, 1.54) is 48.5 Å². The molecule has 0 unspecified atom stereocenters. The summed E-state index contributed by atoms with van der Waals surface area (Å²) in [5.41, 5.74) is -1.34. The highest BCUT2D eigenvalue weighted by Gasteiger charge is 2.46. The minimum Gasteiger partial charge on any atom is -0.292 e. The summed E-state index contributed by atoms with van der Waals surface area (Å²) in [7, 11) is 0. The maximum atomic E-state index is 13.3. The minimum absolute atomic E-state index is 0.00219. The van der Waals surface area contributed by atoms with E-state index in [9.17, 15) is 33.7 Å². The molecule has 1 aliphatic heterocycles. The molecule has 0 bridgehead atoms. The largest absolute Gasteiger partial charge is 0.292 e. The number of halogens is 2. The summed E-state index contributed by atoms with van der Waals surface area (Å²) in [4.78, 5) is 63.0. The number of hydrogen-bond donors (Lipinski definition) is 0. The summed E-state index contributed by atoms with van der Waals surface area (Å²) < 4.78 is 13.3. The zero-order valence-electron chi connectivity index (χ0n) is 17.1. The molecule has 0 aromatic heterocycles. The molecular formula is C23H13ClFN3O6. The first kappa shape index (κ1) is 22.7. The van der Waals surface area contributed by atoms with Crippen molar-refractivity contribution >= 4 is 40.8 Å². The van der Waals surface area contributed by atoms with Crippen molar-refractivity contribution in [1.82, 2.24) is 10.0 Å². The Hall–Kier alpha value is -4.44. The number of hydrazine groups is 1. The van der Waals surface area contributed by atoms with Crippen molar-refractivity contribution in [3.8, 4) is 0 Å². The van der Waals surface area contributed by atoms with Gasteiger partial charge < -0.3 is 0 Å². The molecule has 170 valence electrons. The van der Waals surface area contributed by atoms with Crippen LogP contribution in [0.4, 0.5) is 10.1 Å². The molecular weight excluding hydrogens is 469 g/mol. The summed E-state index contributed by atoms with van der Waals surface area (Å²) in [5.74, 6) is -4.31. The van der Waals surface area contributed by atoms with Gasteiger partial charge in [-0.3, -0.25) is 29.3 Å². The number of fused-ring (bicyclic) bond motifs is 1. The van der Waals surface area contributed by atoms with E-state index in [-0.39, 0.29) is 16.7 Å². The predicted octanol–water partition coefficient (Wildman–Crippen LogP) is 3.92. The second-order valence-corrected chi connectivity index (χ2v) is 7.62. The quantitative estimate of drug-likeness (QED) is 0.228. The van der Waals surface area contributed by atoms with Gasteiger partial charge in [-0.1, -0.05) is 17.7 Å². The van der Waals surface area contributed by atoms with Crippen LogP contribution in [0.1, 0.15) is 41.4 Å². The number of benzene rings is 3. The average Bonchev–Trinajstić information content (AvgIpc) is 3.07. The standard InChI is InChI=1S/C23H13ClFN3O6/c24-15-8-4-14(5-9-15)21(30)26(12-19(29)13-6-10-16(25)11-7-13)27-22(31)17-2-1-3-18(28(33)34)20(17)23(27)32/h1-11H,12H2. The van der Waals surface area contributed by atoms with Gasteiger partial charge in [0.15, 0.2) is 5.78 Å². The monoisotopic (exact) mass is 481 g/mol. The third kappa shape index (κ3) is 4.02. The second-order valence-electron chi connectivity index (χ2n) is 7.18. The summed E-state index contributed by atoms with van der Waals surface area (Å²) in [6.07, 6.45) is 0. The summed E-state index contributed by atoms with van der Waals surface area (Å²) in [6.45, 7) is -0.771. The highest BCUT2D eigenvalue weighted by Crippen LogP contribution is 2.32. The first-order valence-corrected chi connectivity index (χ1v) is 10.1. The number of nitrogens with zero attached hydrogens (tertiary/aromatic N) is 3. The highest BCUT2D eigenvalue weighted by molar-refractivity contribution is 6.30. The molecule has 0 saturated heterocycles. The van der Waals surface area contributed by atoms with Crippen LogP contribution in [0.15, 0.2) is 66.7 Å². The van der Waals surface area contributed by atoms with Crippen LogP contribution in [-0.2, 0) is 0 Å². The SMILES string of the molecule is O=C(CN(C(=O)c1ccc(Cl)cc1)N1C(=O)c2cccc([N+](=O)[O-])c2C1=O)c1ccc(F)cc1. The second kappa shape index (κ2) is 8.83. The smallest absolute Gasteiger partial charge is 0.287 e. The van der Waals surface area contributed by atoms with Crippen LogP contribution in [0, 0.1) is 15.9 Å². The van der Waals surface area contributed by atoms with E-state index in [2.05, 4.69) is 0 Å². The molecule has 1 aliphatic rings. The van der Waals surface area contributed by atoms with Crippen LogP contribution in [-0.4, -0.2) is 45.0 Å². The number of carbonyl (C=O) groups excluding carboxylic acids is 4. The zero-order chi connectivity index (χ0) is 24.6. The number of nitro groups is 1. The molecule has 11 heteroatoms. The highest BCUT2D eigenvalue weighted by atomic mass is 35.5. The lowest BCUT2D eigenvalue weighted by molar-refractivity contribution is -0.385. The Morgan fingerprint density at radius 1 is 0.941 bits per heavy atom. The molecule has 0 atom stereocenters. The van der Waals surface area contributed by atoms with Crippen molar-refractivity contribution in [3.63, 3.8) is 0 Å². The lowest BCUT2D eigenvalue weighted by Crippen LogP contribution is -2.51. The number of hydrogen-bond acceptors (Lipinski definition) is 6. The molecule has 0 spiro atoms. The van der Waals surface area contributed by atoms with Gasteiger partial charge in [-0.25, -0.2) is 9.40 Å². The molecule has 1 heterocycles. The van der Waals surface area contributed by atoms with Crippen molar-refractivity contribution in [3.05, 3.63) is 110 Å². The Morgan fingerprint density at radius 3 is 2.18 bits per heavy atom. The van der Waals surface area contributed by atoms with Crippen LogP contribution >= 0.6 is 11.6 Å². The normalized spacial score (nSPS) is 12.5. The molecule has 3 aromatic carbocycles. The summed E-state index contributed by atoms with van der Waals surface area (Å²) in [6, 6.07) is 13.5. The van der Waals surface area contributed by atoms with Gasteiger partial charge in [-0.05, 0) is 54.6 Å². The van der Waals surface area contributed by atoms with Gasteiger partial charge in [0.25, 0.3) is 23.4 Å². The first-order valence-electron chi connectivity index (χ1n) is 9.71. The Labute approximate surface area is 196 Å². The van der Waals surface area contributed by atoms with E-state index in [1.54, 1.807) is 0 Å². The Balaban J connectivity index is 1.77. The fourth-order valence-electron chi connectivity index (χ4n) is 3.46. The molecule has 34 heavy (non-hydrogen) atoms. The fraction of sp³-hybridized carbons (Fsp3) is 0.0435. The van der Waals surface area contributed by atoms with E-state index in [1.807, 2.05) is 0 Å². The maximum Gasteiger partial charge on any atom is 0.287 e. The van der Waals surface area contributed by atoms with Crippen LogP contribution in [0.3, 0.4) is 0 Å². The van der Waals surface area contributed by atoms with Crippen LogP contribution in [0.5, 0.6) is 0 Å². The van der Waals surface area contributed by atoms with Gasteiger partial charge in [0.2, 0.25) is 0 Å². The number of amides is 3. The molecule has 0 fully saturated rings. The van der Waals surface area contributed by atoms with E-state index < -0.39 is 52.0 Å². The topological polar surface area (TPSA) is 118 Å². The van der Waals surface area contributed by atoms with E-state index in [4.69, 9.17) is 11.6 Å². The van der Waals surface area contributed by atoms with Crippen molar-refractivity contribution in [1.29, 1.82) is 0 Å². The van der Waals surface area contributed by atoms with Crippen LogP contribution in [0.25, 0.3) is 0 Å². The van der Waals surface area contributed by atoms with Crippen molar-refractivity contribution in [2.45, 2.75) is 0 Å².